The molecule has 0 aliphatic carbocycles. The number of alkyl halides is 3. The van der Waals surface area contributed by atoms with Crippen molar-refractivity contribution in [2.45, 2.75) is 26.1 Å². The predicted molar refractivity (Wildman–Crippen MR) is 128 cm³/mol. The van der Waals surface area contributed by atoms with Crippen molar-refractivity contribution in [2.24, 2.45) is 5.73 Å². The summed E-state index contributed by atoms with van der Waals surface area (Å²) in [7, 11) is 1.88. The van der Waals surface area contributed by atoms with E-state index in [2.05, 4.69) is 9.97 Å². The van der Waals surface area contributed by atoms with Crippen molar-refractivity contribution < 1.29 is 27.5 Å². The van der Waals surface area contributed by atoms with Crippen LogP contribution in [-0.4, -0.2) is 77.5 Å². The number of nitrogens with zero attached hydrogens (tertiary/aromatic N) is 6. The van der Waals surface area contributed by atoms with E-state index in [0.717, 1.165) is 17.0 Å². The average molecular weight is 521 g/mol. The number of halogens is 3. The van der Waals surface area contributed by atoms with E-state index in [9.17, 15) is 28.0 Å². The number of carbonyl (C=O) groups excluding carboxylic acids is 2. The first-order chi connectivity index (χ1) is 17.4. The monoisotopic (exact) mass is 520 g/mol. The minimum absolute atomic E-state index is 0.100. The van der Waals surface area contributed by atoms with Crippen LogP contribution in [-0.2, 0) is 11.0 Å². The number of amides is 2. The zero-order chi connectivity index (χ0) is 27.5. The molecule has 0 spiro atoms. The fraction of sp³-hybridized carbons (Fsp3) is 0.435. The molecule has 2 aromatic rings. The first-order valence-corrected chi connectivity index (χ1v) is 11.4. The maximum absolute atomic E-state index is 13.9. The molecule has 1 aliphatic heterocycles. The molecule has 2 heterocycles. The highest BCUT2D eigenvalue weighted by Crippen LogP contribution is 2.38. The van der Waals surface area contributed by atoms with Crippen LogP contribution in [0.25, 0.3) is 0 Å². The van der Waals surface area contributed by atoms with Gasteiger partial charge in [0.2, 0.25) is 17.7 Å². The topological polar surface area (TPSA) is 155 Å². The van der Waals surface area contributed by atoms with E-state index in [1.165, 1.54) is 17.9 Å². The standard InChI is InChI=1S/C23H27F3N8O3/c1-4-37-20-17(12-27)19(30-22(29)31-20)34(13(2)18(28)35)16-10-14(9-15(11-16)23(24,25)26)21(36)33-7-5-32(3)6-8-33/h9-11,13H,4-8H2,1-3H3,(H2,28,35)(H2,29,30,31)/t13-/m0/s1. The fourth-order valence-corrected chi connectivity index (χ4v) is 3.84. The summed E-state index contributed by atoms with van der Waals surface area (Å²) in [5, 5.41) is 9.81. The lowest BCUT2D eigenvalue weighted by molar-refractivity contribution is -0.137. The number of hydrogen-bond acceptors (Lipinski definition) is 9. The minimum atomic E-state index is -4.83. The summed E-state index contributed by atoms with van der Waals surface area (Å²) >= 11 is 0. The number of likely N-dealkylation sites (N-methyl/N-ethyl adjacent to an activating group) is 1. The van der Waals surface area contributed by atoms with Gasteiger partial charge in [-0.1, -0.05) is 0 Å². The SMILES string of the molecule is CCOc1nc(N)nc(N(c2cc(C(=O)N3CCN(C)CC3)cc(C(F)(F)F)c2)[C@@H](C)C(N)=O)c1C#N. The van der Waals surface area contributed by atoms with Gasteiger partial charge in [-0.25, -0.2) is 0 Å². The molecular weight excluding hydrogens is 493 g/mol. The van der Waals surface area contributed by atoms with Gasteiger partial charge in [-0.3, -0.25) is 9.59 Å². The first kappa shape index (κ1) is 27.5. The molecule has 2 amide bonds. The lowest BCUT2D eigenvalue weighted by Crippen LogP contribution is -2.47. The summed E-state index contributed by atoms with van der Waals surface area (Å²) in [5.41, 5.74) is 9.42. The smallest absolute Gasteiger partial charge is 0.416 e. The largest absolute Gasteiger partial charge is 0.477 e. The summed E-state index contributed by atoms with van der Waals surface area (Å²) in [4.78, 5) is 37.9. The second kappa shape index (κ2) is 10.9. The van der Waals surface area contributed by atoms with Gasteiger partial charge in [-0.05, 0) is 39.1 Å². The number of ether oxygens (including phenoxy) is 1. The number of nitrogen functional groups attached to an aromatic ring is 1. The van der Waals surface area contributed by atoms with E-state index >= 15 is 0 Å². The molecule has 1 saturated heterocycles. The second-order valence-electron chi connectivity index (χ2n) is 8.44. The van der Waals surface area contributed by atoms with Crippen molar-refractivity contribution >= 4 is 29.3 Å². The highest BCUT2D eigenvalue weighted by Gasteiger charge is 2.35. The molecule has 11 nitrogen and oxygen atoms in total. The predicted octanol–water partition coefficient (Wildman–Crippen LogP) is 1.75. The van der Waals surface area contributed by atoms with E-state index in [1.54, 1.807) is 6.92 Å². The third-order valence-electron chi connectivity index (χ3n) is 5.85. The van der Waals surface area contributed by atoms with E-state index < -0.39 is 29.6 Å². The van der Waals surface area contributed by atoms with Crippen LogP contribution in [0.15, 0.2) is 18.2 Å². The Kier molecular flexibility index (Phi) is 8.07. The number of nitriles is 1. The van der Waals surface area contributed by atoms with Gasteiger partial charge in [-0.15, -0.1) is 0 Å². The van der Waals surface area contributed by atoms with Gasteiger partial charge in [0.25, 0.3) is 5.91 Å². The van der Waals surface area contributed by atoms with Gasteiger partial charge in [0.05, 0.1) is 12.2 Å². The number of nitrogens with two attached hydrogens (primary N) is 2. The Morgan fingerprint density at radius 2 is 1.86 bits per heavy atom. The molecule has 1 atom stereocenters. The molecule has 0 radical (unpaired) electrons. The molecular formula is C23H27F3N8O3. The second-order valence-corrected chi connectivity index (χ2v) is 8.44. The van der Waals surface area contributed by atoms with Crippen molar-refractivity contribution in [2.75, 3.05) is 50.5 Å². The van der Waals surface area contributed by atoms with E-state index in [4.69, 9.17) is 16.2 Å². The summed E-state index contributed by atoms with van der Waals surface area (Å²) in [6.07, 6.45) is -4.83. The molecule has 14 heteroatoms. The van der Waals surface area contributed by atoms with Gasteiger partial charge in [0.15, 0.2) is 11.4 Å². The third-order valence-corrected chi connectivity index (χ3v) is 5.85. The van der Waals surface area contributed by atoms with Gasteiger partial charge in [0.1, 0.15) is 12.1 Å². The summed E-state index contributed by atoms with van der Waals surface area (Å²) in [6.45, 7) is 4.85. The number of carbonyl (C=O) groups is 2. The molecule has 1 aliphatic rings. The number of aromatic nitrogens is 2. The molecule has 1 fully saturated rings. The number of hydrogen-bond donors (Lipinski definition) is 2. The molecule has 37 heavy (non-hydrogen) atoms. The van der Waals surface area contributed by atoms with Crippen LogP contribution < -0.4 is 21.1 Å². The van der Waals surface area contributed by atoms with Crippen LogP contribution >= 0.6 is 0 Å². The highest BCUT2D eigenvalue weighted by molar-refractivity contribution is 5.96. The Morgan fingerprint density at radius 3 is 2.41 bits per heavy atom. The van der Waals surface area contributed by atoms with Crippen molar-refractivity contribution in [3.8, 4) is 11.9 Å². The first-order valence-electron chi connectivity index (χ1n) is 11.4. The minimum Gasteiger partial charge on any atom is -0.477 e. The Bertz CT molecular complexity index is 1220. The van der Waals surface area contributed by atoms with Gasteiger partial charge in [-0.2, -0.15) is 28.4 Å². The third kappa shape index (κ3) is 6.00. The van der Waals surface area contributed by atoms with Crippen LogP contribution in [0.3, 0.4) is 0 Å². The van der Waals surface area contributed by atoms with Crippen LogP contribution in [0.2, 0.25) is 0 Å². The number of primary amides is 1. The number of rotatable bonds is 7. The van der Waals surface area contributed by atoms with E-state index in [0.29, 0.717) is 26.2 Å². The zero-order valence-electron chi connectivity index (χ0n) is 20.5. The van der Waals surface area contributed by atoms with Crippen LogP contribution in [0.1, 0.15) is 35.3 Å². The maximum Gasteiger partial charge on any atom is 0.416 e. The normalized spacial score (nSPS) is 15.1. The van der Waals surface area contributed by atoms with Gasteiger partial charge < -0.3 is 30.9 Å². The van der Waals surface area contributed by atoms with Crippen molar-refractivity contribution in [1.82, 2.24) is 19.8 Å². The van der Waals surface area contributed by atoms with Crippen molar-refractivity contribution in [3.05, 3.63) is 34.9 Å². The molecule has 1 aromatic heterocycles. The molecule has 198 valence electrons. The molecule has 0 unspecified atom stereocenters. The average Bonchev–Trinajstić information content (AvgIpc) is 2.83. The molecule has 0 bridgehead atoms. The van der Waals surface area contributed by atoms with Gasteiger partial charge >= 0.3 is 6.18 Å². The lowest BCUT2D eigenvalue weighted by Gasteiger charge is -2.33. The summed E-state index contributed by atoms with van der Waals surface area (Å²) in [5.74, 6) is -2.38. The molecule has 4 N–H and O–H groups in total. The molecule has 3 rings (SSSR count). The van der Waals surface area contributed by atoms with Gasteiger partial charge in [0, 0.05) is 37.4 Å². The number of anilines is 3. The van der Waals surface area contributed by atoms with Crippen LogP contribution in [0.5, 0.6) is 5.88 Å². The fourth-order valence-electron chi connectivity index (χ4n) is 3.84. The Labute approximate surface area is 211 Å². The van der Waals surface area contributed by atoms with Crippen molar-refractivity contribution in [3.63, 3.8) is 0 Å². The number of piperazine rings is 1. The molecule has 0 saturated carbocycles. The lowest BCUT2D eigenvalue weighted by atomic mass is 10.0. The Balaban J connectivity index is 2.26. The van der Waals surface area contributed by atoms with Crippen molar-refractivity contribution in [1.29, 1.82) is 5.26 Å². The molecule has 1 aromatic carbocycles. The Hall–Kier alpha value is -4.12. The number of benzene rings is 1. The van der Waals surface area contributed by atoms with Crippen LogP contribution in [0, 0.1) is 11.3 Å². The van der Waals surface area contributed by atoms with E-state index in [-0.39, 0.29) is 41.1 Å². The summed E-state index contributed by atoms with van der Waals surface area (Å²) in [6, 6.07) is 3.26. The van der Waals surface area contributed by atoms with E-state index in [1.807, 2.05) is 18.0 Å². The highest BCUT2D eigenvalue weighted by atomic mass is 19.4. The quantitative estimate of drug-likeness (QED) is 0.555. The summed E-state index contributed by atoms with van der Waals surface area (Å²) < 4.78 is 47.2. The Morgan fingerprint density at radius 1 is 1.22 bits per heavy atom. The van der Waals surface area contributed by atoms with Crippen LogP contribution in [0.4, 0.5) is 30.6 Å². The maximum atomic E-state index is 13.9. The zero-order valence-corrected chi connectivity index (χ0v) is 20.5.